The van der Waals surface area contributed by atoms with Crippen LogP contribution < -0.4 is 15.1 Å². The Kier molecular flexibility index (Phi) is 10.6. The molecule has 202 valence electrons. The van der Waals surface area contributed by atoms with E-state index in [0.29, 0.717) is 0 Å². The minimum Gasteiger partial charge on any atom is -0.598 e. The summed E-state index contributed by atoms with van der Waals surface area (Å²) >= 11 is 0.569. The van der Waals surface area contributed by atoms with Crippen LogP contribution in [0, 0.1) is 6.92 Å². The summed E-state index contributed by atoms with van der Waals surface area (Å²) in [6, 6.07) is 21.7. The number of hydrogen-bond acceptors (Lipinski definition) is 5. The monoisotopic (exact) mass is 556 g/mol. The van der Waals surface area contributed by atoms with Crippen molar-refractivity contribution in [1.82, 2.24) is 9.71 Å². The number of nitrogens with one attached hydrogen (secondary N) is 1. The standard InChI is InChI=1S/C30H44N2O2S2Si/c1-24-31-23-28(35-24)27(32-36(33)29(2,3)4)21-15-10-16-22-34-37(30(5,6)7,25-17-11-8-12-18-25)26-19-13-9-14-20-26/h8-9,11-14,17-20,23,27,32H,10,15-16,21-22H2,1-7H3. The number of aryl methyl sites for hydroxylation is 1. The van der Waals surface area contributed by atoms with Crippen LogP contribution in [-0.2, 0) is 15.8 Å². The van der Waals surface area contributed by atoms with E-state index in [-0.39, 0.29) is 15.8 Å². The van der Waals surface area contributed by atoms with Crippen LogP contribution in [0.5, 0.6) is 0 Å². The molecule has 7 heteroatoms. The van der Waals surface area contributed by atoms with Crippen LogP contribution >= 0.6 is 11.3 Å². The third kappa shape index (κ3) is 7.77. The fraction of sp³-hybridized carbons (Fsp3) is 0.500. The summed E-state index contributed by atoms with van der Waals surface area (Å²) in [6.45, 7) is 15.7. The van der Waals surface area contributed by atoms with E-state index in [9.17, 15) is 4.55 Å². The molecule has 4 nitrogen and oxygen atoms in total. The van der Waals surface area contributed by atoms with E-state index in [0.717, 1.165) is 37.3 Å². The van der Waals surface area contributed by atoms with Crippen molar-refractivity contribution >= 4 is 41.4 Å². The zero-order chi connectivity index (χ0) is 27.1. The first-order valence-electron chi connectivity index (χ1n) is 13.3. The molecular formula is C30H44N2O2S2Si. The lowest BCUT2D eigenvalue weighted by atomic mass is 10.1. The molecule has 2 aromatic carbocycles. The third-order valence-corrected chi connectivity index (χ3v) is 14.3. The van der Waals surface area contributed by atoms with E-state index < -0.39 is 19.7 Å². The van der Waals surface area contributed by atoms with Crippen LogP contribution in [0.15, 0.2) is 66.9 Å². The van der Waals surface area contributed by atoms with Crippen LogP contribution in [0.1, 0.15) is 83.2 Å². The lowest BCUT2D eigenvalue weighted by Gasteiger charge is -2.43. The number of nitrogens with zero attached hydrogens (tertiary/aromatic N) is 1. The Morgan fingerprint density at radius 3 is 1.95 bits per heavy atom. The van der Waals surface area contributed by atoms with Crippen LogP contribution in [-0.4, -0.2) is 29.2 Å². The quantitative estimate of drug-likeness (QED) is 0.154. The molecule has 0 aliphatic rings. The van der Waals surface area contributed by atoms with Crippen molar-refractivity contribution < 1.29 is 8.98 Å². The van der Waals surface area contributed by atoms with Gasteiger partial charge in [0.25, 0.3) is 8.32 Å². The normalized spacial score (nSPS) is 14.5. The molecule has 0 amide bonds. The predicted octanol–water partition coefficient (Wildman–Crippen LogP) is 6.68. The molecule has 3 rings (SSSR count). The number of aromatic nitrogens is 1. The van der Waals surface area contributed by atoms with E-state index in [4.69, 9.17) is 4.43 Å². The minimum atomic E-state index is -2.48. The molecule has 2 atom stereocenters. The molecule has 1 N–H and O–H groups in total. The summed E-state index contributed by atoms with van der Waals surface area (Å²) in [5.41, 5.74) is 0. The van der Waals surface area contributed by atoms with E-state index in [1.807, 2.05) is 33.9 Å². The second-order valence-corrected chi connectivity index (χ2v) is 19.3. The highest BCUT2D eigenvalue weighted by atomic mass is 32.2. The molecule has 0 spiro atoms. The van der Waals surface area contributed by atoms with Gasteiger partial charge >= 0.3 is 0 Å². The van der Waals surface area contributed by atoms with Crippen molar-refractivity contribution in [3.8, 4) is 0 Å². The summed E-state index contributed by atoms with van der Waals surface area (Å²) in [7, 11) is -2.48. The molecule has 1 aromatic heterocycles. The SMILES string of the molecule is Cc1ncc(C(CCCCCO[Si](c2ccccc2)(c2ccccc2)C(C)(C)C)N[S+]([O-])C(C)(C)C)s1. The van der Waals surface area contributed by atoms with Gasteiger partial charge in [-0.3, -0.25) is 0 Å². The van der Waals surface area contributed by atoms with Gasteiger partial charge in [0, 0.05) is 29.0 Å². The summed E-state index contributed by atoms with van der Waals surface area (Å²) in [6.07, 6.45) is 5.98. The van der Waals surface area contributed by atoms with Crippen molar-refractivity contribution in [3.63, 3.8) is 0 Å². The lowest BCUT2D eigenvalue weighted by molar-refractivity contribution is 0.285. The molecule has 37 heavy (non-hydrogen) atoms. The van der Waals surface area contributed by atoms with Crippen LogP contribution in [0.2, 0.25) is 5.04 Å². The van der Waals surface area contributed by atoms with E-state index in [1.54, 1.807) is 11.3 Å². The number of rotatable bonds is 12. The van der Waals surface area contributed by atoms with Crippen LogP contribution in [0.25, 0.3) is 0 Å². The summed E-state index contributed by atoms with van der Waals surface area (Å²) < 4.78 is 22.9. The second-order valence-electron chi connectivity index (χ2n) is 11.7. The second kappa shape index (κ2) is 13.0. The van der Waals surface area contributed by atoms with Crippen molar-refractivity contribution in [2.75, 3.05) is 6.61 Å². The predicted molar refractivity (Wildman–Crippen MR) is 163 cm³/mol. The highest BCUT2D eigenvalue weighted by Crippen LogP contribution is 2.37. The fourth-order valence-corrected chi connectivity index (χ4v) is 11.1. The van der Waals surface area contributed by atoms with Gasteiger partial charge in [-0.05, 0) is 55.9 Å². The first-order valence-corrected chi connectivity index (χ1v) is 17.2. The molecule has 0 radical (unpaired) electrons. The first-order chi connectivity index (χ1) is 17.4. The maximum atomic E-state index is 12.8. The van der Waals surface area contributed by atoms with Gasteiger partial charge in [0.1, 0.15) is 4.75 Å². The van der Waals surface area contributed by atoms with Crippen LogP contribution in [0.3, 0.4) is 0 Å². The van der Waals surface area contributed by atoms with Crippen molar-refractivity contribution in [2.45, 2.75) is 90.0 Å². The molecule has 0 bridgehead atoms. The molecule has 0 aliphatic carbocycles. The van der Waals surface area contributed by atoms with Gasteiger partial charge < -0.3 is 8.98 Å². The topological polar surface area (TPSA) is 57.2 Å². The Morgan fingerprint density at radius 2 is 1.49 bits per heavy atom. The van der Waals surface area contributed by atoms with Crippen molar-refractivity contribution in [3.05, 3.63) is 76.7 Å². The van der Waals surface area contributed by atoms with Gasteiger partial charge in [-0.25, -0.2) is 4.98 Å². The average Bonchev–Trinajstić information content (AvgIpc) is 3.28. The Morgan fingerprint density at radius 1 is 0.919 bits per heavy atom. The van der Waals surface area contributed by atoms with Gasteiger partial charge in [-0.1, -0.05) is 94.3 Å². The Labute approximate surface area is 232 Å². The highest BCUT2D eigenvalue weighted by molar-refractivity contribution is 7.90. The third-order valence-electron chi connectivity index (χ3n) is 6.66. The lowest BCUT2D eigenvalue weighted by Crippen LogP contribution is -2.66. The maximum absolute atomic E-state index is 12.8. The zero-order valence-electron chi connectivity index (χ0n) is 23.5. The highest BCUT2D eigenvalue weighted by Gasteiger charge is 2.49. The van der Waals surface area contributed by atoms with Gasteiger partial charge in [-0.2, -0.15) is 0 Å². The number of benzene rings is 2. The number of thiazole rings is 1. The van der Waals surface area contributed by atoms with Gasteiger partial charge in [0.2, 0.25) is 0 Å². The molecule has 1 heterocycles. The van der Waals surface area contributed by atoms with E-state index in [2.05, 4.69) is 91.1 Å². The summed E-state index contributed by atoms with van der Waals surface area (Å²) in [5, 5.41) is 3.68. The minimum absolute atomic E-state index is 0.00816. The average molecular weight is 557 g/mol. The molecule has 2 unspecified atom stereocenters. The van der Waals surface area contributed by atoms with E-state index >= 15 is 0 Å². The smallest absolute Gasteiger partial charge is 0.261 e. The first kappa shape index (κ1) is 30.1. The van der Waals surface area contributed by atoms with E-state index in [1.165, 1.54) is 15.3 Å². The number of hydrogen-bond donors (Lipinski definition) is 1. The Bertz CT molecular complexity index is 1040. The molecular weight excluding hydrogens is 513 g/mol. The largest absolute Gasteiger partial charge is 0.598 e. The van der Waals surface area contributed by atoms with Crippen molar-refractivity contribution in [1.29, 1.82) is 0 Å². The van der Waals surface area contributed by atoms with Gasteiger partial charge in [0.05, 0.1) is 11.0 Å². The maximum Gasteiger partial charge on any atom is 0.261 e. The Hall–Kier alpha value is -1.48. The van der Waals surface area contributed by atoms with Crippen molar-refractivity contribution in [2.24, 2.45) is 0 Å². The zero-order valence-corrected chi connectivity index (χ0v) is 26.2. The molecule has 0 fully saturated rings. The Balaban J connectivity index is 1.67. The van der Waals surface area contributed by atoms with Crippen LogP contribution in [0.4, 0.5) is 0 Å². The fourth-order valence-electron chi connectivity index (χ4n) is 4.72. The number of unbranched alkanes of at least 4 members (excludes halogenated alkanes) is 2. The van der Waals surface area contributed by atoms with Gasteiger partial charge in [0.15, 0.2) is 0 Å². The molecule has 0 saturated heterocycles. The molecule has 0 aliphatic heterocycles. The molecule has 3 aromatic rings. The summed E-state index contributed by atoms with van der Waals surface area (Å²) in [4.78, 5) is 5.60. The summed E-state index contributed by atoms with van der Waals surface area (Å²) in [5.74, 6) is 0. The molecule has 0 saturated carbocycles. The van der Waals surface area contributed by atoms with Gasteiger partial charge in [-0.15, -0.1) is 16.1 Å².